The van der Waals surface area contributed by atoms with E-state index in [9.17, 15) is 14.9 Å². The Bertz CT molecular complexity index is 669. The quantitative estimate of drug-likeness (QED) is 0.719. The predicted octanol–water partition coefficient (Wildman–Crippen LogP) is 4.31. The summed E-state index contributed by atoms with van der Waals surface area (Å²) in [5.41, 5.74) is -1.57. The Morgan fingerprint density at radius 2 is 1.92 bits per heavy atom. The van der Waals surface area contributed by atoms with E-state index < -0.39 is 17.0 Å². The fourth-order valence-corrected chi connectivity index (χ4v) is 3.45. The molecule has 0 aliphatic heterocycles. The molecule has 0 N–H and O–H groups in total. The maximum atomic E-state index is 13.0. The lowest BCUT2D eigenvalue weighted by Gasteiger charge is -2.37. The number of Topliss-reactive ketones (excluding diaryl/α,β-unsaturated/α-hetero) is 1. The van der Waals surface area contributed by atoms with Crippen LogP contribution in [-0.4, -0.2) is 17.4 Å². The normalized spacial score (nSPS) is 20.8. The molecule has 0 saturated heterocycles. The first-order chi connectivity index (χ1) is 11.2. The molecule has 2 atom stereocenters. The van der Waals surface area contributed by atoms with Crippen LogP contribution in [0.4, 0.5) is 0 Å². The Kier molecular flexibility index (Phi) is 5.49. The van der Waals surface area contributed by atoms with E-state index in [1.807, 2.05) is 0 Å². The van der Waals surface area contributed by atoms with Crippen LogP contribution in [0, 0.1) is 17.2 Å². The van der Waals surface area contributed by atoms with E-state index in [-0.39, 0.29) is 18.1 Å². The van der Waals surface area contributed by atoms with Crippen molar-refractivity contribution in [1.82, 2.24) is 0 Å². The molecular formula is C19H22BrNO3. The summed E-state index contributed by atoms with van der Waals surface area (Å²) in [6.07, 6.45) is 2.12. The van der Waals surface area contributed by atoms with Crippen LogP contribution < -0.4 is 0 Å². The summed E-state index contributed by atoms with van der Waals surface area (Å²) in [6.45, 7) is 5.34. The summed E-state index contributed by atoms with van der Waals surface area (Å²) in [7, 11) is 0. The molecule has 2 rings (SSSR count). The fraction of sp³-hybridized carbons (Fsp3) is 0.526. The third-order valence-electron chi connectivity index (χ3n) is 4.29. The van der Waals surface area contributed by atoms with Gasteiger partial charge >= 0.3 is 5.97 Å². The molecule has 0 unspecified atom stereocenters. The highest BCUT2D eigenvalue weighted by molar-refractivity contribution is 9.10. The summed E-state index contributed by atoms with van der Waals surface area (Å²) in [6, 6.07) is 9.35. The van der Waals surface area contributed by atoms with Gasteiger partial charge in [0.05, 0.1) is 6.07 Å². The number of carbonyl (C=O) groups excluding carboxylic acids is 2. The van der Waals surface area contributed by atoms with E-state index in [0.717, 1.165) is 4.47 Å². The molecule has 0 radical (unpaired) electrons. The maximum absolute atomic E-state index is 13.0. The first-order valence-electron chi connectivity index (χ1n) is 8.11. The van der Waals surface area contributed by atoms with Crippen molar-refractivity contribution in [2.75, 3.05) is 0 Å². The van der Waals surface area contributed by atoms with Crippen molar-refractivity contribution in [3.63, 3.8) is 0 Å². The van der Waals surface area contributed by atoms with Gasteiger partial charge in [-0.2, -0.15) is 5.26 Å². The molecule has 4 nitrogen and oxygen atoms in total. The second kappa shape index (κ2) is 7.06. The third-order valence-corrected chi connectivity index (χ3v) is 4.82. The smallest absolute Gasteiger partial charge is 0.331 e. The summed E-state index contributed by atoms with van der Waals surface area (Å²) in [5.74, 6) is -0.828. The number of ketones is 1. The standard InChI is InChI=1S/C19H22BrNO3/c1-18(2,3)24-17(23)19(12-21,13-7-9-15(20)10-8-13)14-5-4-6-16(22)11-14/h7-10,14H,4-6,11H2,1-3H3/t14-,19+/m0/s1. The topological polar surface area (TPSA) is 67.2 Å². The summed E-state index contributed by atoms with van der Waals surface area (Å²) < 4.78 is 6.45. The number of esters is 1. The minimum Gasteiger partial charge on any atom is -0.459 e. The first kappa shape index (κ1) is 18.7. The van der Waals surface area contributed by atoms with Crippen molar-refractivity contribution < 1.29 is 14.3 Å². The van der Waals surface area contributed by atoms with Crippen LogP contribution in [0.3, 0.4) is 0 Å². The minimum absolute atomic E-state index is 0.103. The van der Waals surface area contributed by atoms with Crippen LogP contribution in [0.5, 0.6) is 0 Å². The molecule has 0 amide bonds. The summed E-state index contributed by atoms with van der Waals surface area (Å²) in [4.78, 5) is 25.0. The minimum atomic E-state index is -1.45. The molecule has 0 bridgehead atoms. The van der Waals surface area contributed by atoms with E-state index in [1.165, 1.54) is 0 Å². The zero-order valence-corrected chi connectivity index (χ0v) is 15.9. The molecule has 1 aromatic carbocycles. The number of ether oxygens (including phenoxy) is 1. The van der Waals surface area contributed by atoms with Crippen molar-refractivity contribution in [2.45, 2.75) is 57.5 Å². The number of rotatable bonds is 3. The molecule has 1 aromatic rings. The van der Waals surface area contributed by atoms with Gasteiger partial charge < -0.3 is 4.74 Å². The SMILES string of the molecule is CC(C)(C)OC(=O)[C@](C#N)(c1ccc(Br)cc1)[C@H]1CCCC(=O)C1. The molecule has 1 fully saturated rings. The van der Waals surface area contributed by atoms with E-state index in [2.05, 4.69) is 22.0 Å². The van der Waals surface area contributed by atoms with Crippen molar-refractivity contribution in [1.29, 1.82) is 5.26 Å². The maximum Gasteiger partial charge on any atom is 0.331 e. The van der Waals surface area contributed by atoms with Crippen molar-refractivity contribution in [3.05, 3.63) is 34.3 Å². The lowest BCUT2D eigenvalue weighted by Crippen LogP contribution is -2.47. The van der Waals surface area contributed by atoms with Crippen molar-refractivity contribution in [3.8, 4) is 6.07 Å². The number of hydrogen-bond donors (Lipinski definition) is 0. The Morgan fingerprint density at radius 3 is 2.42 bits per heavy atom. The molecule has 5 heteroatoms. The van der Waals surface area contributed by atoms with Gasteiger partial charge in [0.1, 0.15) is 11.4 Å². The van der Waals surface area contributed by atoms with Gasteiger partial charge in [-0.15, -0.1) is 0 Å². The van der Waals surface area contributed by atoms with Crippen LogP contribution in [-0.2, 0) is 19.7 Å². The number of nitriles is 1. The Labute approximate surface area is 151 Å². The van der Waals surface area contributed by atoms with Gasteiger partial charge in [0.15, 0.2) is 5.41 Å². The van der Waals surface area contributed by atoms with Crippen LogP contribution in [0.2, 0.25) is 0 Å². The Balaban J connectivity index is 2.53. The highest BCUT2D eigenvalue weighted by atomic mass is 79.9. The van der Waals surface area contributed by atoms with Gasteiger partial charge in [-0.3, -0.25) is 4.79 Å². The molecule has 0 aromatic heterocycles. The van der Waals surface area contributed by atoms with E-state index >= 15 is 0 Å². The molecule has 24 heavy (non-hydrogen) atoms. The number of hydrogen-bond acceptors (Lipinski definition) is 4. The molecule has 1 aliphatic carbocycles. The number of benzene rings is 1. The van der Waals surface area contributed by atoms with E-state index in [4.69, 9.17) is 4.74 Å². The monoisotopic (exact) mass is 391 g/mol. The Morgan fingerprint density at radius 1 is 1.29 bits per heavy atom. The Hall–Kier alpha value is -1.67. The first-order valence-corrected chi connectivity index (χ1v) is 8.91. The number of nitrogens with zero attached hydrogens (tertiary/aromatic N) is 1. The average Bonchev–Trinajstić information content (AvgIpc) is 2.48. The van der Waals surface area contributed by atoms with Gasteiger partial charge in [-0.1, -0.05) is 28.1 Å². The van der Waals surface area contributed by atoms with Gasteiger partial charge in [-0.25, -0.2) is 4.79 Å². The molecule has 128 valence electrons. The highest BCUT2D eigenvalue weighted by Gasteiger charge is 2.51. The van der Waals surface area contributed by atoms with Gasteiger partial charge in [-0.05, 0) is 57.2 Å². The van der Waals surface area contributed by atoms with Gasteiger partial charge in [0.2, 0.25) is 0 Å². The fourth-order valence-electron chi connectivity index (χ4n) is 3.19. The average molecular weight is 392 g/mol. The van der Waals surface area contributed by atoms with Gasteiger partial charge in [0.25, 0.3) is 0 Å². The van der Waals surface area contributed by atoms with E-state index in [0.29, 0.717) is 24.8 Å². The van der Waals surface area contributed by atoms with Crippen LogP contribution in [0.15, 0.2) is 28.7 Å². The second-order valence-electron chi connectivity index (χ2n) is 7.26. The van der Waals surface area contributed by atoms with Crippen molar-refractivity contribution in [2.24, 2.45) is 5.92 Å². The lowest BCUT2D eigenvalue weighted by atomic mass is 9.65. The van der Waals surface area contributed by atoms with Crippen molar-refractivity contribution >= 4 is 27.7 Å². The molecule has 0 heterocycles. The highest BCUT2D eigenvalue weighted by Crippen LogP contribution is 2.42. The lowest BCUT2D eigenvalue weighted by molar-refractivity contribution is -0.162. The third kappa shape index (κ3) is 3.87. The molecule has 0 spiro atoms. The summed E-state index contributed by atoms with van der Waals surface area (Å²) >= 11 is 3.37. The number of carbonyl (C=O) groups is 2. The second-order valence-corrected chi connectivity index (χ2v) is 8.18. The number of halogens is 1. The predicted molar refractivity (Wildman–Crippen MR) is 94.2 cm³/mol. The molecular weight excluding hydrogens is 370 g/mol. The van der Waals surface area contributed by atoms with Gasteiger partial charge in [0, 0.05) is 17.3 Å². The zero-order valence-electron chi connectivity index (χ0n) is 14.3. The van der Waals surface area contributed by atoms with Crippen LogP contribution in [0.1, 0.15) is 52.0 Å². The summed E-state index contributed by atoms with van der Waals surface area (Å²) in [5, 5.41) is 10.0. The molecule has 1 saturated carbocycles. The van der Waals surface area contributed by atoms with Crippen LogP contribution in [0.25, 0.3) is 0 Å². The molecule has 1 aliphatic rings. The largest absolute Gasteiger partial charge is 0.459 e. The zero-order chi connectivity index (χ0) is 18.0. The van der Waals surface area contributed by atoms with E-state index in [1.54, 1.807) is 45.0 Å². The van der Waals surface area contributed by atoms with Crippen LogP contribution >= 0.6 is 15.9 Å².